The van der Waals surface area contributed by atoms with Gasteiger partial charge in [0.05, 0.1) is 7.11 Å². The summed E-state index contributed by atoms with van der Waals surface area (Å²) < 4.78 is 5.83. The Kier molecular flexibility index (Phi) is 4.38. The smallest absolute Gasteiger partial charge is 0.327 e. The van der Waals surface area contributed by atoms with Gasteiger partial charge < -0.3 is 10.1 Å². The molecule has 3 nitrogen and oxygen atoms in total. The monoisotopic (exact) mass is 319 g/mol. The summed E-state index contributed by atoms with van der Waals surface area (Å²) in [6.45, 7) is 3.79. The minimum absolute atomic E-state index is 0.257. The van der Waals surface area contributed by atoms with E-state index in [4.69, 9.17) is 0 Å². The molecule has 0 aromatic heterocycles. The van der Waals surface area contributed by atoms with Crippen molar-refractivity contribution in [3.05, 3.63) is 27.3 Å². The summed E-state index contributed by atoms with van der Waals surface area (Å²) in [5, 5.41) is 3.11. The van der Waals surface area contributed by atoms with E-state index in [0.29, 0.717) is 0 Å². The maximum absolute atomic E-state index is 11.2. The molecule has 0 radical (unpaired) electrons. The van der Waals surface area contributed by atoms with Crippen LogP contribution in [-0.4, -0.2) is 19.1 Å². The Bertz CT molecular complexity index is 366. The predicted molar refractivity (Wildman–Crippen MR) is 69.0 cm³/mol. The van der Waals surface area contributed by atoms with Crippen molar-refractivity contribution < 1.29 is 9.53 Å². The van der Waals surface area contributed by atoms with Gasteiger partial charge in [-0.3, -0.25) is 0 Å². The van der Waals surface area contributed by atoms with Gasteiger partial charge >= 0.3 is 5.97 Å². The summed E-state index contributed by atoms with van der Waals surface area (Å²) in [6, 6.07) is 5.71. The van der Waals surface area contributed by atoms with Crippen LogP contribution in [0.1, 0.15) is 12.5 Å². The minimum Gasteiger partial charge on any atom is -0.467 e. The van der Waals surface area contributed by atoms with Crippen molar-refractivity contribution in [2.24, 2.45) is 0 Å². The van der Waals surface area contributed by atoms with E-state index in [1.54, 1.807) is 6.92 Å². The van der Waals surface area contributed by atoms with E-state index >= 15 is 0 Å². The van der Waals surface area contributed by atoms with Crippen molar-refractivity contribution in [2.45, 2.75) is 19.9 Å². The van der Waals surface area contributed by atoms with Crippen molar-refractivity contribution >= 4 is 34.2 Å². The quantitative estimate of drug-likeness (QED) is 0.687. The van der Waals surface area contributed by atoms with Gasteiger partial charge in [-0.2, -0.15) is 0 Å². The molecule has 1 aromatic carbocycles. The maximum atomic E-state index is 11.2. The van der Waals surface area contributed by atoms with Crippen molar-refractivity contribution in [3.8, 4) is 0 Å². The molecule has 0 aliphatic rings. The van der Waals surface area contributed by atoms with Crippen LogP contribution >= 0.6 is 22.6 Å². The topological polar surface area (TPSA) is 38.3 Å². The first-order valence-electron chi connectivity index (χ1n) is 4.65. The number of carbonyl (C=O) groups excluding carboxylic acids is 1. The van der Waals surface area contributed by atoms with E-state index in [-0.39, 0.29) is 12.0 Å². The first-order valence-corrected chi connectivity index (χ1v) is 5.73. The van der Waals surface area contributed by atoms with Crippen molar-refractivity contribution in [2.75, 3.05) is 12.4 Å². The SMILES string of the molecule is COC(=O)C(C)Nc1ccc(I)cc1C. The van der Waals surface area contributed by atoms with Crippen molar-refractivity contribution in [3.63, 3.8) is 0 Å². The van der Waals surface area contributed by atoms with Gasteiger partial charge in [-0.15, -0.1) is 0 Å². The molecule has 0 aliphatic carbocycles. The van der Waals surface area contributed by atoms with E-state index in [1.165, 1.54) is 10.7 Å². The Hall–Kier alpha value is -0.780. The number of rotatable bonds is 3. The summed E-state index contributed by atoms with van der Waals surface area (Å²) in [5.41, 5.74) is 2.09. The zero-order valence-electron chi connectivity index (χ0n) is 9.00. The van der Waals surface area contributed by atoms with E-state index in [1.807, 2.05) is 19.1 Å². The molecule has 0 saturated carbocycles. The zero-order chi connectivity index (χ0) is 11.4. The Labute approximate surface area is 103 Å². The number of hydrogen-bond acceptors (Lipinski definition) is 3. The van der Waals surface area contributed by atoms with Crippen molar-refractivity contribution in [1.82, 2.24) is 0 Å². The lowest BCUT2D eigenvalue weighted by Crippen LogP contribution is -2.27. The molecule has 0 heterocycles. The number of ether oxygens (including phenoxy) is 1. The van der Waals surface area contributed by atoms with Crippen LogP contribution in [0.25, 0.3) is 0 Å². The van der Waals surface area contributed by atoms with Gasteiger partial charge in [-0.1, -0.05) is 0 Å². The van der Waals surface area contributed by atoms with Crippen LogP contribution in [0.5, 0.6) is 0 Å². The number of hydrogen-bond donors (Lipinski definition) is 1. The van der Waals surface area contributed by atoms with Crippen LogP contribution in [0.3, 0.4) is 0 Å². The molecule has 1 atom stereocenters. The highest BCUT2D eigenvalue weighted by Gasteiger charge is 2.13. The molecule has 1 aromatic rings. The minimum atomic E-state index is -0.325. The zero-order valence-corrected chi connectivity index (χ0v) is 11.2. The number of methoxy groups -OCH3 is 1. The number of anilines is 1. The second kappa shape index (κ2) is 5.34. The fraction of sp³-hybridized carbons (Fsp3) is 0.364. The molecule has 1 rings (SSSR count). The lowest BCUT2D eigenvalue weighted by Gasteiger charge is -2.14. The Morgan fingerprint density at radius 3 is 2.73 bits per heavy atom. The summed E-state index contributed by atoms with van der Waals surface area (Å²) >= 11 is 2.26. The van der Waals surface area contributed by atoms with Gasteiger partial charge in [0.1, 0.15) is 6.04 Å². The van der Waals surface area contributed by atoms with Crippen molar-refractivity contribution in [1.29, 1.82) is 0 Å². The second-order valence-corrected chi connectivity index (χ2v) is 4.59. The number of aryl methyl sites for hydroxylation is 1. The molecule has 4 heteroatoms. The summed E-state index contributed by atoms with van der Waals surface area (Å²) in [5.74, 6) is -0.257. The fourth-order valence-electron chi connectivity index (χ4n) is 1.26. The molecule has 15 heavy (non-hydrogen) atoms. The largest absolute Gasteiger partial charge is 0.467 e. The van der Waals surface area contributed by atoms with Crippen LogP contribution in [-0.2, 0) is 9.53 Å². The highest BCUT2D eigenvalue weighted by molar-refractivity contribution is 14.1. The molecule has 1 unspecified atom stereocenters. The standard InChI is InChI=1S/C11H14INO2/c1-7-6-9(12)4-5-10(7)13-8(2)11(14)15-3/h4-6,8,13H,1-3H3. The molecule has 0 bridgehead atoms. The molecular weight excluding hydrogens is 305 g/mol. The molecule has 0 spiro atoms. The van der Waals surface area contributed by atoms with E-state index in [0.717, 1.165) is 11.3 Å². The Morgan fingerprint density at radius 1 is 1.53 bits per heavy atom. The van der Waals surface area contributed by atoms with Gasteiger partial charge in [0.15, 0.2) is 0 Å². The molecular formula is C11H14INO2. The Morgan fingerprint density at radius 2 is 2.20 bits per heavy atom. The van der Waals surface area contributed by atoms with E-state index in [9.17, 15) is 4.79 Å². The number of nitrogens with one attached hydrogen (secondary N) is 1. The van der Waals surface area contributed by atoms with Crippen LogP contribution in [0.4, 0.5) is 5.69 Å². The van der Waals surface area contributed by atoms with Crippen LogP contribution in [0.2, 0.25) is 0 Å². The van der Waals surface area contributed by atoms with Gasteiger partial charge in [0, 0.05) is 9.26 Å². The molecule has 0 saturated heterocycles. The first kappa shape index (κ1) is 12.3. The second-order valence-electron chi connectivity index (χ2n) is 3.35. The highest BCUT2D eigenvalue weighted by atomic mass is 127. The fourth-order valence-corrected chi connectivity index (χ4v) is 1.90. The highest BCUT2D eigenvalue weighted by Crippen LogP contribution is 2.18. The molecule has 0 amide bonds. The predicted octanol–water partition coefficient (Wildman–Crippen LogP) is 2.57. The van der Waals surface area contributed by atoms with Gasteiger partial charge in [0.2, 0.25) is 0 Å². The third-order valence-corrected chi connectivity index (χ3v) is 2.79. The Balaban J connectivity index is 2.76. The summed E-state index contributed by atoms with van der Waals surface area (Å²) in [4.78, 5) is 11.2. The average Bonchev–Trinajstić information content (AvgIpc) is 2.20. The van der Waals surface area contributed by atoms with Gasteiger partial charge in [0.25, 0.3) is 0 Å². The third kappa shape index (κ3) is 3.37. The van der Waals surface area contributed by atoms with Crippen LogP contribution < -0.4 is 5.32 Å². The summed E-state index contributed by atoms with van der Waals surface area (Å²) in [6.07, 6.45) is 0. The lowest BCUT2D eigenvalue weighted by molar-refractivity contribution is -0.141. The van der Waals surface area contributed by atoms with Crippen LogP contribution in [0.15, 0.2) is 18.2 Å². The average molecular weight is 319 g/mol. The normalized spacial score (nSPS) is 12.0. The van der Waals surface area contributed by atoms with Gasteiger partial charge in [-0.05, 0) is 60.2 Å². The van der Waals surface area contributed by atoms with Crippen LogP contribution in [0, 0.1) is 10.5 Å². The molecule has 1 N–H and O–H groups in total. The summed E-state index contributed by atoms with van der Waals surface area (Å²) in [7, 11) is 1.39. The molecule has 82 valence electrons. The maximum Gasteiger partial charge on any atom is 0.327 e. The number of carbonyl (C=O) groups is 1. The lowest BCUT2D eigenvalue weighted by atomic mass is 10.2. The first-order chi connectivity index (χ1) is 7.04. The number of benzene rings is 1. The van der Waals surface area contributed by atoms with Gasteiger partial charge in [-0.25, -0.2) is 4.79 Å². The molecule has 0 fully saturated rings. The number of halogens is 1. The molecule has 0 aliphatic heterocycles. The number of esters is 1. The third-order valence-electron chi connectivity index (χ3n) is 2.12. The van der Waals surface area contributed by atoms with E-state index < -0.39 is 0 Å². The van der Waals surface area contributed by atoms with E-state index in [2.05, 4.69) is 38.7 Å².